The van der Waals surface area contributed by atoms with Crippen molar-refractivity contribution in [1.82, 2.24) is 5.32 Å². The predicted molar refractivity (Wildman–Crippen MR) is 333 cm³/mol. The third-order valence-corrected chi connectivity index (χ3v) is 16.2. The van der Waals surface area contributed by atoms with Crippen LogP contribution in [0.1, 0.15) is 386 Å². The fourth-order valence-corrected chi connectivity index (χ4v) is 10.9. The second-order valence-electron chi connectivity index (χ2n) is 23.9. The van der Waals surface area contributed by atoms with Crippen molar-refractivity contribution < 1.29 is 24.5 Å². The minimum Gasteiger partial charge on any atom is -0.466 e. The van der Waals surface area contributed by atoms with Gasteiger partial charge in [-0.25, -0.2) is 0 Å². The lowest BCUT2D eigenvalue weighted by Gasteiger charge is -2.20. The highest BCUT2D eigenvalue weighted by atomic mass is 16.5. The van der Waals surface area contributed by atoms with Gasteiger partial charge >= 0.3 is 5.97 Å². The minimum absolute atomic E-state index is 0.00223. The van der Waals surface area contributed by atoms with Gasteiger partial charge in [-0.2, -0.15) is 0 Å². The molecule has 450 valence electrons. The number of aliphatic hydroxyl groups is 2. The average Bonchev–Trinajstić information content (AvgIpc) is 3.42. The molecule has 2 atom stereocenters. The van der Waals surface area contributed by atoms with E-state index in [0.717, 1.165) is 57.8 Å². The van der Waals surface area contributed by atoms with Gasteiger partial charge in [0, 0.05) is 12.8 Å². The van der Waals surface area contributed by atoms with E-state index in [1.165, 1.54) is 302 Å². The molecule has 0 saturated carbocycles. The first-order chi connectivity index (χ1) is 37.5. The van der Waals surface area contributed by atoms with Gasteiger partial charge in [-0.3, -0.25) is 9.59 Å². The van der Waals surface area contributed by atoms with E-state index in [1.807, 2.05) is 6.08 Å². The van der Waals surface area contributed by atoms with Crippen molar-refractivity contribution >= 4 is 11.9 Å². The average molecular weight is 1070 g/mol. The number of unbranched alkanes of at least 4 members (excludes halogenated alkanes) is 52. The minimum atomic E-state index is -0.854. The summed E-state index contributed by atoms with van der Waals surface area (Å²) in [6.07, 6.45) is 82.4. The van der Waals surface area contributed by atoms with Gasteiger partial charge in [0.25, 0.3) is 0 Å². The Morgan fingerprint density at radius 1 is 0.355 bits per heavy atom. The van der Waals surface area contributed by atoms with Crippen LogP contribution in [0.5, 0.6) is 0 Å². The maximum absolute atomic E-state index is 12.5. The number of carbonyl (C=O) groups is 2. The molecule has 0 aromatic heterocycles. The van der Waals surface area contributed by atoms with Gasteiger partial charge in [0.05, 0.1) is 25.4 Å². The number of ether oxygens (including phenoxy) is 1. The molecule has 0 fully saturated rings. The number of rotatable bonds is 65. The van der Waals surface area contributed by atoms with Crippen molar-refractivity contribution in [3.05, 3.63) is 24.3 Å². The second-order valence-corrected chi connectivity index (χ2v) is 23.9. The van der Waals surface area contributed by atoms with E-state index in [-0.39, 0.29) is 18.5 Å². The van der Waals surface area contributed by atoms with Crippen molar-refractivity contribution in [3.63, 3.8) is 0 Å². The Bertz CT molecular complexity index is 1190. The molecule has 0 radical (unpaired) electrons. The van der Waals surface area contributed by atoms with E-state index >= 15 is 0 Å². The van der Waals surface area contributed by atoms with Crippen LogP contribution in [0.2, 0.25) is 0 Å². The van der Waals surface area contributed by atoms with E-state index < -0.39 is 12.1 Å². The summed E-state index contributed by atoms with van der Waals surface area (Å²) in [6.45, 7) is 4.92. The number of nitrogens with one attached hydrogen (secondary N) is 1. The smallest absolute Gasteiger partial charge is 0.305 e. The highest BCUT2D eigenvalue weighted by Gasteiger charge is 2.18. The van der Waals surface area contributed by atoms with E-state index in [4.69, 9.17) is 4.74 Å². The summed E-state index contributed by atoms with van der Waals surface area (Å²) in [6, 6.07) is -0.638. The van der Waals surface area contributed by atoms with Crippen LogP contribution in [-0.2, 0) is 14.3 Å². The first-order valence-corrected chi connectivity index (χ1v) is 34.6. The third kappa shape index (κ3) is 61.6. The molecule has 6 nitrogen and oxygen atoms in total. The standard InChI is InChI=1S/C70H135NO5/c1-3-5-7-9-11-13-15-17-19-21-22-23-24-25-26-27-28-31-34-38-42-46-50-54-58-62-68(73)67(66-72)71-69(74)63-59-55-51-47-43-39-35-32-29-33-37-41-45-49-53-57-61-65-76-70(75)64-60-56-52-48-44-40-36-30-20-18-16-14-12-10-8-6-4-2/h29,33,58,62,67-68,72-73H,3-28,30-32,34-57,59-61,63-66H2,1-2H3,(H,71,74)/b33-29-,62-58+. The van der Waals surface area contributed by atoms with E-state index in [2.05, 4.69) is 31.3 Å². The van der Waals surface area contributed by atoms with E-state index in [9.17, 15) is 19.8 Å². The molecule has 0 heterocycles. The number of carbonyl (C=O) groups excluding carboxylic acids is 2. The number of esters is 1. The summed E-state index contributed by atoms with van der Waals surface area (Å²) in [5, 5.41) is 23.3. The van der Waals surface area contributed by atoms with E-state index in [1.54, 1.807) is 6.08 Å². The molecule has 2 unspecified atom stereocenters. The number of allylic oxidation sites excluding steroid dienone is 3. The largest absolute Gasteiger partial charge is 0.466 e. The Morgan fingerprint density at radius 2 is 0.618 bits per heavy atom. The number of aliphatic hydroxyl groups excluding tert-OH is 2. The summed E-state index contributed by atoms with van der Waals surface area (Å²) < 4.78 is 5.49. The fourth-order valence-electron chi connectivity index (χ4n) is 10.9. The van der Waals surface area contributed by atoms with Crippen LogP contribution in [0, 0.1) is 0 Å². The molecule has 0 spiro atoms. The molecule has 0 aromatic carbocycles. The quantitative estimate of drug-likeness (QED) is 0.0320. The molecule has 0 rings (SSSR count). The first-order valence-electron chi connectivity index (χ1n) is 34.6. The van der Waals surface area contributed by atoms with Crippen molar-refractivity contribution in [1.29, 1.82) is 0 Å². The lowest BCUT2D eigenvalue weighted by atomic mass is 10.0. The highest BCUT2D eigenvalue weighted by Crippen LogP contribution is 2.18. The molecule has 0 bridgehead atoms. The van der Waals surface area contributed by atoms with Gasteiger partial charge in [0.15, 0.2) is 0 Å². The molecular weight excluding hydrogens is 935 g/mol. The highest BCUT2D eigenvalue weighted by molar-refractivity contribution is 5.76. The van der Waals surface area contributed by atoms with Crippen molar-refractivity contribution in [2.75, 3.05) is 13.2 Å². The Labute approximate surface area is 475 Å². The second kappa shape index (κ2) is 65.9. The van der Waals surface area contributed by atoms with Crippen molar-refractivity contribution in [2.45, 2.75) is 398 Å². The lowest BCUT2D eigenvalue weighted by molar-refractivity contribution is -0.143. The van der Waals surface area contributed by atoms with Gasteiger partial charge in [-0.15, -0.1) is 0 Å². The van der Waals surface area contributed by atoms with Crippen LogP contribution in [0.3, 0.4) is 0 Å². The lowest BCUT2D eigenvalue weighted by Crippen LogP contribution is -2.45. The van der Waals surface area contributed by atoms with Crippen LogP contribution >= 0.6 is 0 Å². The van der Waals surface area contributed by atoms with Gasteiger partial charge in [-0.05, 0) is 57.8 Å². The van der Waals surface area contributed by atoms with Gasteiger partial charge < -0.3 is 20.3 Å². The fraction of sp³-hybridized carbons (Fsp3) is 0.914. The van der Waals surface area contributed by atoms with Crippen LogP contribution in [-0.4, -0.2) is 47.4 Å². The molecule has 0 aromatic rings. The van der Waals surface area contributed by atoms with Crippen LogP contribution in [0.15, 0.2) is 24.3 Å². The zero-order valence-electron chi connectivity index (χ0n) is 51.5. The zero-order chi connectivity index (χ0) is 55.0. The number of hydrogen-bond donors (Lipinski definition) is 3. The SMILES string of the molecule is CCCCCCCCCCCCCCCCCCCCCCCCC/C=C/C(O)C(CO)NC(=O)CCCCCCCCC/C=C\CCCCCCCCOC(=O)CCCCCCCCCCCCCCCCCCC. The molecule has 1 amide bonds. The van der Waals surface area contributed by atoms with Gasteiger partial charge in [0.1, 0.15) is 0 Å². The Hall–Kier alpha value is -1.66. The Morgan fingerprint density at radius 3 is 0.934 bits per heavy atom. The third-order valence-electron chi connectivity index (χ3n) is 16.2. The first kappa shape index (κ1) is 74.3. The number of hydrogen-bond acceptors (Lipinski definition) is 5. The van der Waals surface area contributed by atoms with Crippen LogP contribution in [0.25, 0.3) is 0 Å². The summed E-state index contributed by atoms with van der Waals surface area (Å²) in [7, 11) is 0. The van der Waals surface area contributed by atoms with E-state index in [0.29, 0.717) is 19.4 Å². The summed E-state index contributed by atoms with van der Waals surface area (Å²) in [4.78, 5) is 24.6. The maximum Gasteiger partial charge on any atom is 0.305 e. The van der Waals surface area contributed by atoms with Crippen LogP contribution < -0.4 is 5.32 Å². The predicted octanol–water partition coefficient (Wildman–Crippen LogP) is 22.1. The molecule has 76 heavy (non-hydrogen) atoms. The topological polar surface area (TPSA) is 95.9 Å². The summed E-state index contributed by atoms with van der Waals surface area (Å²) in [5.74, 6) is -0.0734. The van der Waals surface area contributed by atoms with Gasteiger partial charge in [-0.1, -0.05) is 340 Å². The Kier molecular flexibility index (Phi) is 64.4. The van der Waals surface area contributed by atoms with Crippen LogP contribution in [0.4, 0.5) is 0 Å². The van der Waals surface area contributed by atoms with Crippen molar-refractivity contribution in [2.24, 2.45) is 0 Å². The molecule has 0 aliphatic carbocycles. The zero-order valence-corrected chi connectivity index (χ0v) is 51.5. The molecule has 0 aliphatic rings. The molecular formula is C70H135NO5. The maximum atomic E-state index is 12.5. The molecule has 3 N–H and O–H groups in total. The van der Waals surface area contributed by atoms with Crippen molar-refractivity contribution in [3.8, 4) is 0 Å². The molecule has 0 saturated heterocycles. The van der Waals surface area contributed by atoms with Gasteiger partial charge in [0.2, 0.25) is 5.91 Å². The molecule has 6 heteroatoms. The summed E-state index contributed by atoms with van der Waals surface area (Å²) in [5.41, 5.74) is 0. The normalized spacial score (nSPS) is 12.6. The number of amides is 1. The summed E-state index contributed by atoms with van der Waals surface area (Å²) >= 11 is 0. The monoisotopic (exact) mass is 1070 g/mol. The Balaban J connectivity index is 3.46. The molecule has 0 aliphatic heterocycles.